The maximum absolute atomic E-state index is 13.0. The Bertz CT molecular complexity index is 1260. The van der Waals surface area contributed by atoms with Crippen molar-refractivity contribution in [1.82, 2.24) is 9.55 Å². The van der Waals surface area contributed by atoms with Gasteiger partial charge in [-0.05, 0) is 44.1 Å². The van der Waals surface area contributed by atoms with Crippen LogP contribution in [0.3, 0.4) is 0 Å². The number of carboxylic acids is 1. The molecular weight excluding hydrogens is 458 g/mol. The minimum atomic E-state index is -4.29. The van der Waals surface area contributed by atoms with Gasteiger partial charge in [0.1, 0.15) is 10.6 Å². The highest BCUT2D eigenvalue weighted by Gasteiger charge is 2.28. The normalized spacial score (nSPS) is 11.9. The molecule has 3 rings (SSSR count). The van der Waals surface area contributed by atoms with Crippen LogP contribution in [0.1, 0.15) is 41.2 Å². The molecule has 2 aliphatic heterocycles. The molecule has 11 heteroatoms. The molecule has 0 fully saturated rings. The van der Waals surface area contributed by atoms with Gasteiger partial charge in [-0.2, -0.15) is 4.98 Å². The van der Waals surface area contributed by atoms with E-state index in [1.54, 1.807) is 18.7 Å². The third-order valence-electron chi connectivity index (χ3n) is 4.70. The average Bonchev–Trinajstić information content (AvgIpc) is 3.00. The molecule has 8 nitrogen and oxygen atoms in total. The molecule has 2 N–H and O–H groups in total. The van der Waals surface area contributed by atoms with Crippen molar-refractivity contribution in [2.45, 2.75) is 43.2 Å². The van der Waals surface area contributed by atoms with Gasteiger partial charge in [-0.1, -0.05) is 26.0 Å². The smallest absolute Gasteiger partial charge is 0.354 e. The quantitative estimate of drug-likeness (QED) is 0.467. The van der Waals surface area contributed by atoms with Crippen LogP contribution < -0.4 is 10.4 Å². The number of hydrogen-bond donors (Lipinski definition) is 2. The van der Waals surface area contributed by atoms with Crippen molar-refractivity contribution >= 4 is 44.9 Å². The Kier molecular flexibility index (Phi) is 6.77. The fraction of sp³-hybridized carbons (Fsp3) is 0.350. The van der Waals surface area contributed by atoms with E-state index in [1.165, 1.54) is 40.2 Å². The summed E-state index contributed by atoms with van der Waals surface area (Å²) in [5.41, 5.74) is 0.130. The molecule has 0 radical (unpaired) electrons. The highest BCUT2D eigenvalue weighted by molar-refractivity contribution is 8.01. The van der Waals surface area contributed by atoms with E-state index in [9.17, 15) is 23.1 Å². The number of anilines is 1. The molecule has 0 aliphatic carbocycles. The van der Waals surface area contributed by atoms with E-state index in [2.05, 4.69) is 23.6 Å². The Morgan fingerprint density at radius 2 is 1.97 bits per heavy atom. The number of aromatic carboxylic acids is 1. The van der Waals surface area contributed by atoms with E-state index < -0.39 is 26.6 Å². The van der Waals surface area contributed by atoms with Gasteiger partial charge in [0, 0.05) is 10.6 Å². The van der Waals surface area contributed by atoms with Crippen molar-refractivity contribution in [2.24, 2.45) is 5.92 Å². The van der Waals surface area contributed by atoms with Crippen molar-refractivity contribution in [3.63, 3.8) is 0 Å². The summed E-state index contributed by atoms with van der Waals surface area (Å²) in [7, 11) is -4.29. The van der Waals surface area contributed by atoms with Gasteiger partial charge < -0.3 is 5.11 Å². The second kappa shape index (κ2) is 9.01. The maximum atomic E-state index is 13.0. The number of thioether (sulfide) groups is 1. The predicted octanol–water partition coefficient (Wildman–Crippen LogP) is 3.99. The number of rotatable bonds is 8. The van der Waals surface area contributed by atoms with Crippen molar-refractivity contribution in [1.29, 1.82) is 0 Å². The number of aryl methyl sites for hydroxylation is 1. The van der Waals surface area contributed by atoms with Crippen LogP contribution in [-0.2, 0) is 10.0 Å². The zero-order valence-electron chi connectivity index (χ0n) is 17.5. The van der Waals surface area contributed by atoms with Gasteiger partial charge in [0.2, 0.25) is 0 Å². The minimum Gasteiger partial charge on any atom is -0.478 e. The topological polar surface area (TPSA) is 118 Å². The molecule has 0 saturated heterocycles. The number of imidazole rings is 1. The Morgan fingerprint density at radius 1 is 1.29 bits per heavy atom. The molecule has 0 saturated carbocycles. The van der Waals surface area contributed by atoms with Gasteiger partial charge in [0.25, 0.3) is 10.0 Å². The van der Waals surface area contributed by atoms with Gasteiger partial charge in [0.05, 0.1) is 9.77 Å². The summed E-state index contributed by atoms with van der Waals surface area (Å²) in [4.78, 5) is 28.6. The summed E-state index contributed by atoms with van der Waals surface area (Å²) in [6.45, 7) is 7.92. The van der Waals surface area contributed by atoms with E-state index in [1.807, 2.05) is 6.92 Å². The van der Waals surface area contributed by atoms with E-state index in [0.717, 1.165) is 21.3 Å². The summed E-state index contributed by atoms with van der Waals surface area (Å²) in [5, 5.41) is 9.36. The monoisotopic (exact) mass is 481 g/mol. The lowest BCUT2D eigenvalue weighted by Crippen LogP contribution is -2.18. The first-order chi connectivity index (χ1) is 14.5. The molecule has 2 heterocycles. The number of carbonyl (C=O) groups is 1. The van der Waals surface area contributed by atoms with Crippen LogP contribution in [0.2, 0.25) is 0 Å². The third kappa shape index (κ3) is 4.78. The number of aromatic nitrogens is 2. The molecule has 0 bridgehead atoms. The number of benzene rings is 1. The van der Waals surface area contributed by atoms with Crippen molar-refractivity contribution in [3.8, 4) is 5.69 Å². The van der Waals surface area contributed by atoms with Crippen LogP contribution in [0.4, 0.5) is 5.82 Å². The van der Waals surface area contributed by atoms with Crippen LogP contribution in [-0.4, -0.2) is 34.8 Å². The lowest BCUT2D eigenvalue weighted by Gasteiger charge is -2.16. The average molecular weight is 482 g/mol. The first-order valence-corrected chi connectivity index (χ1v) is 12.8. The van der Waals surface area contributed by atoms with Crippen molar-refractivity contribution in [2.75, 3.05) is 10.5 Å². The first-order valence-electron chi connectivity index (χ1n) is 9.53. The summed E-state index contributed by atoms with van der Waals surface area (Å²) in [6, 6.07) is 5.30. The number of nitrogens with one attached hydrogen (secondary N) is 1. The van der Waals surface area contributed by atoms with Crippen LogP contribution in [0, 0.1) is 19.8 Å². The molecule has 166 valence electrons. The van der Waals surface area contributed by atoms with Crippen LogP contribution >= 0.6 is 23.1 Å². The van der Waals surface area contributed by atoms with Crippen LogP contribution in [0.25, 0.3) is 5.69 Å². The Morgan fingerprint density at radius 3 is 2.61 bits per heavy atom. The summed E-state index contributed by atoms with van der Waals surface area (Å²) < 4.78 is 30.6. The number of nitrogens with zero attached hydrogens (tertiary/aromatic N) is 2. The second-order valence-electron chi connectivity index (χ2n) is 7.40. The molecular formula is C20H23N3O5S3. The second-order valence-corrected chi connectivity index (χ2v) is 11.6. The lowest BCUT2D eigenvalue weighted by atomic mass is 10.2. The Balaban J connectivity index is 2.11. The van der Waals surface area contributed by atoms with Gasteiger partial charge in [-0.25, -0.2) is 18.0 Å². The van der Waals surface area contributed by atoms with Gasteiger partial charge in [-0.15, -0.1) is 23.1 Å². The van der Waals surface area contributed by atoms with Crippen LogP contribution in [0.5, 0.6) is 0 Å². The standard InChI is InChI=1S/C20H23N3O5S3/c1-11(2)9-10-29-19-16-17(21-20(26)23(16)12(3)13(4)30-19)22-31(27,28)15-8-6-5-7-14(15)18(24)25/h5-8,11H,9-10H2,1-4H3,(H,24,25)(H,21,22,26). The van der Waals surface area contributed by atoms with Crippen molar-refractivity contribution in [3.05, 3.63) is 50.9 Å². The fourth-order valence-corrected chi connectivity index (χ4v) is 6.91. The molecule has 0 atom stereocenters. The zero-order valence-corrected chi connectivity index (χ0v) is 19.9. The van der Waals surface area contributed by atoms with Crippen molar-refractivity contribution < 1.29 is 18.3 Å². The number of fused-ring (bicyclic) bond motifs is 1. The maximum Gasteiger partial charge on any atom is 0.354 e. The molecule has 0 spiro atoms. The first kappa shape index (κ1) is 23.3. The van der Waals surface area contributed by atoms with Crippen LogP contribution in [0.15, 0.2) is 38.2 Å². The molecule has 0 aromatic heterocycles. The molecule has 1 aromatic carbocycles. The van der Waals surface area contributed by atoms with E-state index in [4.69, 9.17) is 0 Å². The van der Waals surface area contributed by atoms with Gasteiger partial charge in [0.15, 0.2) is 5.82 Å². The van der Waals surface area contributed by atoms with E-state index in [-0.39, 0.29) is 11.4 Å². The Labute approximate surface area is 188 Å². The van der Waals surface area contributed by atoms with E-state index >= 15 is 0 Å². The largest absolute Gasteiger partial charge is 0.478 e. The SMILES string of the molecule is Cc1sc(SCCC(C)C)c2c(NS(=O)(=O)c3ccccc3C(=O)O)nc(=O)n-2c1C. The van der Waals surface area contributed by atoms with Gasteiger partial charge in [-0.3, -0.25) is 9.29 Å². The fourth-order valence-electron chi connectivity index (χ4n) is 2.93. The molecule has 31 heavy (non-hydrogen) atoms. The third-order valence-corrected chi connectivity index (χ3v) is 8.57. The number of sulfonamides is 1. The van der Waals surface area contributed by atoms with E-state index in [0.29, 0.717) is 17.3 Å². The minimum absolute atomic E-state index is 0.100. The zero-order chi connectivity index (χ0) is 22.9. The number of hydrogen-bond acceptors (Lipinski definition) is 7. The molecule has 0 amide bonds. The lowest BCUT2D eigenvalue weighted by molar-refractivity contribution is 0.0692. The summed E-state index contributed by atoms with van der Waals surface area (Å²) in [6.07, 6.45) is 0.960. The van der Waals surface area contributed by atoms with Gasteiger partial charge >= 0.3 is 11.7 Å². The molecule has 2 aliphatic rings. The summed E-state index contributed by atoms with van der Waals surface area (Å²) >= 11 is 3.03. The Hall–Kier alpha value is -2.37. The highest BCUT2D eigenvalue weighted by Crippen LogP contribution is 2.39. The molecule has 0 unspecified atom stereocenters. The number of carboxylic acid groups (broad SMARTS) is 1. The summed E-state index contributed by atoms with van der Waals surface area (Å²) in [5.74, 6) is -0.152. The predicted molar refractivity (Wildman–Crippen MR) is 123 cm³/mol. The molecule has 1 aromatic rings. The highest BCUT2D eigenvalue weighted by atomic mass is 32.2.